The third-order valence-corrected chi connectivity index (χ3v) is 4.06. The summed E-state index contributed by atoms with van der Waals surface area (Å²) in [4.78, 5) is 8.00. The number of likely N-dealkylation sites (N-methyl/N-ethyl adjacent to an activating group) is 1. The highest BCUT2D eigenvalue weighted by molar-refractivity contribution is 7.15. The lowest BCUT2D eigenvalue weighted by molar-refractivity contribution is 0.0845. The van der Waals surface area contributed by atoms with E-state index in [1.54, 1.807) is 11.3 Å². The molecule has 21 heavy (non-hydrogen) atoms. The highest BCUT2D eigenvalue weighted by atomic mass is 32.1. The molecule has 0 saturated heterocycles. The first-order valence-corrected chi connectivity index (χ1v) is 8.49. The first kappa shape index (κ1) is 16.3. The number of imidazole rings is 1. The summed E-state index contributed by atoms with van der Waals surface area (Å²) in [5.74, 6) is 1.05. The van der Waals surface area contributed by atoms with Crippen molar-refractivity contribution in [2.24, 2.45) is 0 Å². The van der Waals surface area contributed by atoms with Crippen molar-refractivity contribution in [1.82, 2.24) is 14.7 Å². The van der Waals surface area contributed by atoms with Crippen LogP contribution < -0.4 is 10.2 Å². The summed E-state index contributed by atoms with van der Waals surface area (Å²) in [6.45, 7) is 9.75. The van der Waals surface area contributed by atoms with E-state index in [2.05, 4.69) is 54.0 Å². The summed E-state index contributed by atoms with van der Waals surface area (Å²) < 4.78 is 7.82. The van der Waals surface area contributed by atoms with Crippen molar-refractivity contribution in [3.8, 4) is 0 Å². The first-order chi connectivity index (χ1) is 10.1. The SMILES string of the molecule is CCCNCc1c(N(C)CCOC(C)C)nc2sccn12. The molecule has 0 aliphatic carbocycles. The predicted octanol–water partition coefficient (Wildman–Crippen LogP) is 2.76. The van der Waals surface area contributed by atoms with Gasteiger partial charge in [0.05, 0.1) is 18.4 Å². The Balaban J connectivity index is 2.09. The van der Waals surface area contributed by atoms with Crippen LogP contribution in [-0.4, -0.2) is 42.2 Å². The van der Waals surface area contributed by atoms with E-state index < -0.39 is 0 Å². The van der Waals surface area contributed by atoms with Crippen LogP contribution >= 0.6 is 11.3 Å². The zero-order valence-corrected chi connectivity index (χ0v) is 14.2. The van der Waals surface area contributed by atoms with Gasteiger partial charge in [0.2, 0.25) is 0 Å². The van der Waals surface area contributed by atoms with Crippen LogP contribution in [0.4, 0.5) is 5.82 Å². The quantitative estimate of drug-likeness (QED) is 0.723. The molecule has 0 fully saturated rings. The lowest BCUT2D eigenvalue weighted by Gasteiger charge is -2.19. The number of thiazole rings is 1. The average Bonchev–Trinajstić information content (AvgIpc) is 3.00. The lowest BCUT2D eigenvalue weighted by Crippen LogP contribution is -2.26. The predicted molar refractivity (Wildman–Crippen MR) is 89.4 cm³/mol. The molecule has 118 valence electrons. The van der Waals surface area contributed by atoms with Gasteiger partial charge in [0.1, 0.15) is 0 Å². The van der Waals surface area contributed by atoms with Crippen molar-refractivity contribution in [2.75, 3.05) is 31.6 Å². The number of fused-ring (bicyclic) bond motifs is 1. The Labute approximate surface area is 130 Å². The Morgan fingerprint density at radius 1 is 1.48 bits per heavy atom. The van der Waals surface area contributed by atoms with Crippen molar-refractivity contribution < 1.29 is 4.74 Å². The van der Waals surface area contributed by atoms with Crippen LogP contribution in [0.2, 0.25) is 0 Å². The van der Waals surface area contributed by atoms with Crippen molar-refractivity contribution >= 4 is 22.1 Å². The van der Waals surface area contributed by atoms with Crippen LogP contribution in [0.5, 0.6) is 0 Å². The summed E-state index contributed by atoms with van der Waals surface area (Å²) >= 11 is 1.67. The molecular weight excluding hydrogens is 284 g/mol. The zero-order chi connectivity index (χ0) is 15.2. The minimum atomic E-state index is 0.273. The maximum atomic E-state index is 5.64. The molecule has 6 heteroatoms. The average molecular weight is 310 g/mol. The van der Waals surface area contributed by atoms with Gasteiger partial charge >= 0.3 is 0 Å². The minimum absolute atomic E-state index is 0.273. The van der Waals surface area contributed by atoms with E-state index in [1.165, 1.54) is 5.69 Å². The fourth-order valence-corrected chi connectivity index (χ4v) is 2.93. The molecule has 0 spiro atoms. The molecule has 2 heterocycles. The molecule has 2 aromatic heterocycles. The van der Waals surface area contributed by atoms with Crippen molar-refractivity contribution in [3.05, 3.63) is 17.3 Å². The van der Waals surface area contributed by atoms with Crippen LogP contribution in [0.1, 0.15) is 32.9 Å². The van der Waals surface area contributed by atoms with Gasteiger partial charge in [-0.1, -0.05) is 6.92 Å². The number of ether oxygens (including phenoxy) is 1. The van der Waals surface area contributed by atoms with Crippen molar-refractivity contribution in [3.63, 3.8) is 0 Å². The fraction of sp³-hybridized carbons (Fsp3) is 0.667. The number of anilines is 1. The molecule has 2 rings (SSSR count). The molecule has 0 amide bonds. The standard InChI is InChI=1S/C15H26N4OS/c1-5-6-16-11-13-14(17-15-19(13)8-10-21-15)18(4)7-9-20-12(2)3/h8,10,12,16H,5-7,9,11H2,1-4H3. The Hall–Kier alpha value is -1.11. The molecule has 0 saturated carbocycles. The summed E-state index contributed by atoms with van der Waals surface area (Å²) in [6.07, 6.45) is 3.51. The lowest BCUT2D eigenvalue weighted by atomic mass is 10.3. The van der Waals surface area contributed by atoms with Crippen LogP contribution in [0.25, 0.3) is 4.96 Å². The van der Waals surface area contributed by atoms with Gasteiger partial charge in [-0.05, 0) is 26.8 Å². The second kappa shape index (κ2) is 7.77. The maximum Gasteiger partial charge on any atom is 0.195 e. The maximum absolute atomic E-state index is 5.64. The molecule has 0 unspecified atom stereocenters. The summed E-state index contributed by atoms with van der Waals surface area (Å²) in [5, 5.41) is 5.56. The second-order valence-corrected chi connectivity index (χ2v) is 6.33. The molecule has 0 aliphatic rings. The van der Waals surface area contributed by atoms with E-state index in [1.807, 2.05) is 0 Å². The molecule has 0 radical (unpaired) electrons. The van der Waals surface area contributed by atoms with Crippen LogP contribution in [-0.2, 0) is 11.3 Å². The Kier molecular flexibility index (Phi) is 6.02. The topological polar surface area (TPSA) is 41.8 Å². The minimum Gasteiger partial charge on any atom is -0.377 e. The van der Waals surface area contributed by atoms with E-state index in [9.17, 15) is 0 Å². The third kappa shape index (κ3) is 4.18. The number of nitrogens with one attached hydrogen (secondary N) is 1. The third-order valence-electron chi connectivity index (χ3n) is 3.30. The normalized spacial score (nSPS) is 11.7. The molecule has 2 aromatic rings. The smallest absolute Gasteiger partial charge is 0.195 e. The van der Waals surface area contributed by atoms with Crippen LogP contribution in [0.3, 0.4) is 0 Å². The summed E-state index contributed by atoms with van der Waals surface area (Å²) in [7, 11) is 2.08. The summed E-state index contributed by atoms with van der Waals surface area (Å²) in [5.41, 5.74) is 1.23. The number of aromatic nitrogens is 2. The second-order valence-electron chi connectivity index (χ2n) is 5.46. The van der Waals surface area contributed by atoms with E-state index >= 15 is 0 Å². The molecule has 0 aromatic carbocycles. The molecule has 0 bridgehead atoms. The molecule has 0 aliphatic heterocycles. The number of nitrogens with zero attached hydrogens (tertiary/aromatic N) is 3. The zero-order valence-electron chi connectivity index (χ0n) is 13.4. The molecule has 0 atom stereocenters. The van der Waals surface area contributed by atoms with Gasteiger partial charge in [0, 0.05) is 31.7 Å². The van der Waals surface area contributed by atoms with E-state index in [4.69, 9.17) is 9.72 Å². The highest BCUT2D eigenvalue weighted by Crippen LogP contribution is 2.23. The highest BCUT2D eigenvalue weighted by Gasteiger charge is 2.16. The van der Waals surface area contributed by atoms with Gasteiger partial charge in [-0.15, -0.1) is 11.3 Å². The molecule has 1 N–H and O–H groups in total. The number of rotatable bonds is 9. The van der Waals surface area contributed by atoms with Gasteiger partial charge in [-0.25, -0.2) is 4.98 Å². The van der Waals surface area contributed by atoms with Gasteiger partial charge in [-0.2, -0.15) is 0 Å². The fourth-order valence-electron chi connectivity index (χ4n) is 2.21. The van der Waals surface area contributed by atoms with Crippen LogP contribution in [0.15, 0.2) is 11.6 Å². The van der Waals surface area contributed by atoms with Gasteiger partial charge in [0.25, 0.3) is 0 Å². The largest absolute Gasteiger partial charge is 0.377 e. The summed E-state index contributed by atoms with van der Waals surface area (Å²) in [6, 6.07) is 0. The molecule has 5 nitrogen and oxygen atoms in total. The molecular formula is C15H26N4OS. The van der Waals surface area contributed by atoms with E-state index in [0.717, 1.165) is 43.4 Å². The number of hydrogen-bond acceptors (Lipinski definition) is 5. The Morgan fingerprint density at radius 2 is 2.29 bits per heavy atom. The number of hydrogen-bond donors (Lipinski definition) is 1. The first-order valence-electron chi connectivity index (χ1n) is 7.61. The van der Waals surface area contributed by atoms with Gasteiger partial charge < -0.3 is 15.0 Å². The van der Waals surface area contributed by atoms with E-state index in [-0.39, 0.29) is 6.10 Å². The Morgan fingerprint density at radius 3 is 3.00 bits per heavy atom. The Bertz CT molecular complexity index is 549. The van der Waals surface area contributed by atoms with Crippen LogP contribution in [0, 0.1) is 0 Å². The van der Waals surface area contributed by atoms with Gasteiger partial charge in [0.15, 0.2) is 10.8 Å². The van der Waals surface area contributed by atoms with Crippen molar-refractivity contribution in [1.29, 1.82) is 0 Å². The monoisotopic (exact) mass is 310 g/mol. The van der Waals surface area contributed by atoms with E-state index in [0.29, 0.717) is 0 Å². The van der Waals surface area contributed by atoms with Crippen molar-refractivity contribution in [2.45, 2.75) is 39.8 Å². The van der Waals surface area contributed by atoms with Gasteiger partial charge in [-0.3, -0.25) is 4.40 Å².